The van der Waals surface area contributed by atoms with Gasteiger partial charge in [-0.1, -0.05) is 6.92 Å². The van der Waals surface area contributed by atoms with Crippen LogP contribution < -0.4 is 4.72 Å². The first-order valence-electron chi connectivity index (χ1n) is 7.34. The van der Waals surface area contributed by atoms with Gasteiger partial charge in [0.05, 0.1) is 12.3 Å². The second-order valence-electron chi connectivity index (χ2n) is 5.93. The summed E-state index contributed by atoms with van der Waals surface area (Å²) in [6, 6.07) is 3.56. The van der Waals surface area contributed by atoms with Crippen molar-refractivity contribution in [3.8, 4) is 0 Å². The lowest BCUT2D eigenvalue weighted by Crippen LogP contribution is -2.46. The molecule has 21 heavy (non-hydrogen) atoms. The number of likely N-dealkylation sites (N-methyl/N-ethyl adjacent to an activating group) is 1. The summed E-state index contributed by atoms with van der Waals surface area (Å²) in [7, 11) is 0.402. The van der Waals surface area contributed by atoms with Crippen molar-refractivity contribution in [2.45, 2.75) is 25.8 Å². The topological polar surface area (TPSA) is 65.8 Å². The first kappa shape index (κ1) is 16.5. The minimum Gasteiger partial charge on any atom is -0.468 e. The van der Waals surface area contributed by atoms with Gasteiger partial charge in [0, 0.05) is 19.6 Å². The monoisotopic (exact) mass is 315 g/mol. The molecule has 1 aliphatic heterocycles. The SMILES string of the molecule is CC1CCN(S(=O)(=O)NC[C@@H](c2ccco2)N(C)C)CC1. The number of piperidine rings is 1. The van der Waals surface area contributed by atoms with Crippen molar-refractivity contribution >= 4 is 10.2 Å². The molecule has 0 bridgehead atoms. The third kappa shape index (κ3) is 4.29. The van der Waals surface area contributed by atoms with Gasteiger partial charge >= 0.3 is 0 Å². The van der Waals surface area contributed by atoms with E-state index < -0.39 is 10.2 Å². The standard InChI is InChI=1S/C14H25N3O3S/c1-12-6-8-17(9-7-12)21(18,19)15-11-13(16(2)3)14-5-4-10-20-14/h4-5,10,12-13,15H,6-9,11H2,1-3H3/t13-/m0/s1. The first-order chi connectivity index (χ1) is 9.90. The molecule has 7 heteroatoms. The van der Waals surface area contributed by atoms with Crippen LogP contribution in [0.25, 0.3) is 0 Å². The molecule has 1 aliphatic rings. The Hall–Kier alpha value is -0.890. The molecular formula is C14H25N3O3S. The molecule has 0 aliphatic carbocycles. The normalized spacial score (nSPS) is 20.0. The third-order valence-electron chi connectivity index (χ3n) is 4.04. The molecule has 120 valence electrons. The quantitative estimate of drug-likeness (QED) is 0.863. The second kappa shape index (κ2) is 6.91. The van der Waals surface area contributed by atoms with Crippen LogP contribution in [0.15, 0.2) is 22.8 Å². The molecule has 1 atom stereocenters. The molecule has 1 aromatic heterocycles. The minimum absolute atomic E-state index is 0.113. The zero-order chi connectivity index (χ0) is 15.5. The molecule has 0 spiro atoms. The Labute approximate surface area is 127 Å². The Kier molecular flexibility index (Phi) is 5.43. The number of hydrogen-bond acceptors (Lipinski definition) is 4. The van der Waals surface area contributed by atoms with E-state index in [4.69, 9.17) is 4.42 Å². The molecule has 1 N–H and O–H groups in total. The van der Waals surface area contributed by atoms with Crippen LogP contribution in [0.3, 0.4) is 0 Å². The van der Waals surface area contributed by atoms with E-state index in [1.54, 1.807) is 10.6 Å². The van der Waals surface area contributed by atoms with Crippen molar-refractivity contribution in [3.05, 3.63) is 24.2 Å². The zero-order valence-corrected chi connectivity index (χ0v) is 13.8. The van der Waals surface area contributed by atoms with Gasteiger partial charge in [0.15, 0.2) is 0 Å². The molecule has 1 aromatic rings. The average Bonchev–Trinajstić information content (AvgIpc) is 2.93. The molecule has 2 heterocycles. The van der Waals surface area contributed by atoms with Crippen LogP contribution >= 0.6 is 0 Å². The molecule has 0 amide bonds. The Morgan fingerprint density at radius 1 is 1.43 bits per heavy atom. The molecule has 0 aromatic carbocycles. The van der Waals surface area contributed by atoms with Crippen molar-refractivity contribution in [1.82, 2.24) is 13.9 Å². The van der Waals surface area contributed by atoms with Gasteiger partial charge in [-0.25, -0.2) is 4.72 Å². The molecular weight excluding hydrogens is 290 g/mol. The van der Waals surface area contributed by atoms with Gasteiger partial charge in [0.25, 0.3) is 10.2 Å². The molecule has 1 saturated heterocycles. The summed E-state index contributed by atoms with van der Waals surface area (Å²) in [5.74, 6) is 1.36. The van der Waals surface area contributed by atoms with Crippen LogP contribution in [0.4, 0.5) is 0 Å². The summed E-state index contributed by atoms with van der Waals surface area (Å²) in [4.78, 5) is 1.94. The van der Waals surface area contributed by atoms with Crippen molar-refractivity contribution in [3.63, 3.8) is 0 Å². The summed E-state index contributed by atoms with van der Waals surface area (Å²) >= 11 is 0. The van der Waals surface area contributed by atoms with Gasteiger partial charge in [-0.3, -0.25) is 4.90 Å². The van der Waals surface area contributed by atoms with Gasteiger partial charge < -0.3 is 4.42 Å². The Balaban J connectivity index is 1.96. The lowest BCUT2D eigenvalue weighted by molar-refractivity contribution is 0.253. The highest BCUT2D eigenvalue weighted by atomic mass is 32.2. The molecule has 6 nitrogen and oxygen atoms in total. The average molecular weight is 315 g/mol. The number of nitrogens with one attached hydrogen (secondary N) is 1. The fourth-order valence-electron chi connectivity index (χ4n) is 2.52. The van der Waals surface area contributed by atoms with Crippen LogP contribution in [0.1, 0.15) is 31.6 Å². The Morgan fingerprint density at radius 2 is 2.10 bits per heavy atom. The minimum atomic E-state index is -3.41. The summed E-state index contributed by atoms with van der Waals surface area (Å²) in [6.45, 7) is 3.67. The zero-order valence-electron chi connectivity index (χ0n) is 12.9. The lowest BCUT2D eigenvalue weighted by Gasteiger charge is -2.30. The Bertz CT molecular complexity index is 520. The molecule has 0 saturated carbocycles. The van der Waals surface area contributed by atoms with Gasteiger partial charge in [0.1, 0.15) is 5.76 Å². The highest BCUT2D eigenvalue weighted by Gasteiger charge is 2.28. The van der Waals surface area contributed by atoms with Gasteiger partial charge in [-0.2, -0.15) is 12.7 Å². The van der Waals surface area contributed by atoms with E-state index in [1.807, 2.05) is 31.1 Å². The highest BCUT2D eigenvalue weighted by molar-refractivity contribution is 7.87. The van der Waals surface area contributed by atoms with E-state index in [0.717, 1.165) is 18.6 Å². The summed E-state index contributed by atoms with van der Waals surface area (Å²) in [6.07, 6.45) is 3.46. The van der Waals surface area contributed by atoms with E-state index in [-0.39, 0.29) is 6.04 Å². The van der Waals surface area contributed by atoms with Crippen LogP contribution in [-0.4, -0.2) is 51.4 Å². The van der Waals surface area contributed by atoms with Gasteiger partial charge in [0.2, 0.25) is 0 Å². The maximum Gasteiger partial charge on any atom is 0.279 e. The van der Waals surface area contributed by atoms with E-state index in [2.05, 4.69) is 11.6 Å². The van der Waals surface area contributed by atoms with E-state index >= 15 is 0 Å². The van der Waals surface area contributed by atoms with Crippen molar-refractivity contribution in [2.75, 3.05) is 33.7 Å². The van der Waals surface area contributed by atoms with Crippen molar-refractivity contribution < 1.29 is 12.8 Å². The predicted molar refractivity (Wildman–Crippen MR) is 82.0 cm³/mol. The van der Waals surface area contributed by atoms with E-state index in [9.17, 15) is 8.42 Å². The van der Waals surface area contributed by atoms with E-state index in [1.165, 1.54) is 0 Å². The first-order valence-corrected chi connectivity index (χ1v) is 8.78. The number of hydrogen-bond donors (Lipinski definition) is 1. The maximum absolute atomic E-state index is 12.4. The third-order valence-corrected chi connectivity index (χ3v) is 5.61. The summed E-state index contributed by atoms with van der Waals surface area (Å²) in [5.41, 5.74) is 0. The number of rotatable bonds is 6. The van der Waals surface area contributed by atoms with Crippen LogP contribution in [0.2, 0.25) is 0 Å². The van der Waals surface area contributed by atoms with Gasteiger partial charge in [-0.15, -0.1) is 0 Å². The molecule has 0 radical (unpaired) electrons. The largest absolute Gasteiger partial charge is 0.468 e. The maximum atomic E-state index is 12.4. The summed E-state index contributed by atoms with van der Waals surface area (Å²) < 4.78 is 34.4. The summed E-state index contributed by atoms with van der Waals surface area (Å²) in [5, 5.41) is 0. The van der Waals surface area contributed by atoms with Gasteiger partial charge in [-0.05, 0) is 45.0 Å². The predicted octanol–water partition coefficient (Wildman–Crippen LogP) is 1.45. The number of nitrogens with zero attached hydrogens (tertiary/aromatic N) is 2. The second-order valence-corrected chi connectivity index (χ2v) is 7.69. The van der Waals surface area contributed by atoms with Crippen LogP contribution in [0, 0.1) is 5.92 Å². The number of furan rings is 1. The van der Waals surface area contributed by atoms with Crippen LogP contribution in [-0.2, 0) is 10.2 Å². The fourth-order valence-corrected chi connectivity index (χ4v) is 3.76. The molecule has 0 unspecified atom stereocenters. The van der Waals surface area contributed by atoms with Crippen LogP contribution in [0.5, 0.6) is 0 Å². The van der Waals surface area contributed by atoms with E-state index in [0.29, 0.717) is 25.6 Å². The smallest absolute Gasteiger partial charge is 0.279 e. The molecule has 1 fully saturated rings. The fraction of sp³-hybridized carbons (Fsp3) is 0.714. The highest BCUT2D eigenvalue weighted by Crippen LogP contribution is 2.20. The lowest BCUT2D eigenvalue weighted by atomic mass is 10.0. The molecule has 2 rings (SSSR count). The van der Waals surface area contributed by atoms with Crippen molar-refractivity contribution in [1.29, 1.82) is 0 Å². The van der Waals surface area contributed by atoms with Crippen molar-refractivity contribution in [2.24, 2.45) is 5.92 Å². The Morgan fingerprint density at radius 3 is 2.62 bits per heavy atom.